The van der Waals surface area contributed by atoms with Gasteiger partial charge in [0, 0.05) is 74.2 Å². The number of nitrogens with one attached hydrogen (secondary N) is 1. The van der Waals surface area contributed by atoms with Crippen LogP contribution in [0.4, 0.5) is 0 Å². The van der Waals surface area contributed by atoms with Crippen LogP contribution in [0.15, 0.2) is 72.1 Å². The van der Waals surface area contributed by atoms with E-state index in [2.05, 4.69) is 20.2 Å². The van der Waals surface area contributed by atoms with Crippen LogP contribution in [-0.4, -0.2) is 49.6 Å². The highest BCUT2D eigenvalue weighted by atomic mass is 16.3. The van der Waals surface area contributed by atoms with Crippen LogP contribution < -0.4 is 10.9 Å². The number of carbonyl (C=O) groups is 1. The molecule has 0 unspecified atom stereocenters. The number of aliphatic hydroxyl groups is 1. The number of allylic oxidation sites excluding steroid dienone is 1. The van der Waals surface area contributed by atoms with Gasteiger partial charge in [0.25, 0.3) is 5.56 Å². The minimum Gasteiger partial charge on any atom is -0.396 e. The van der Waals surface area contributed by atoms with E-state index in [1.54, 1.807) is 29.4 Å². The average Bonchev–Trinajstić information content (AvgIpc) is 3.11. The number of aliphatic hydroxyl groups excluding tert-OH is 1. The number of rotatable bonds is 8. The normalized spacial score (nSPS) is 23.1. The summed E-state index contributed by atoms with van der Waals surface area (Å²) in [6.07, 6.45) is 11.4. The quantitative estimate of drug-likeness (QED) is 0.507. The summed E-state index contributed by atoms with van der Waals surface area (Å²) in [5.41, 5.74) is 3.57. The molecule has 36 heavy (non-hydrogen) atoms. The zero-order valence-electron chi connectivity index (χ0n) is 20.3. The number of hydrogen-bond donors (Lipinski definition) is 2. The molecule has 1 fully saturated rings. The van der Waals surface area contributed by atoms with Gasteiger partial charge in [0.05, 0.1) is 12.0 Å². The highest BCUT2D eigenvalue weighted by molar-refractivity contribution is 5.80. The summed E-state index contributed by atoms with van der Waals surface area (Å²) in [5, 5.41) is 13.6. The Hall–Kier alpha value is -3.62. The number of fused-ring (bicyclic) bond motifs is 4. The van der Waals surface area contributed by atoms with E-state index in [-0.39, 0.29) is 36.1 Å². The summed E-state index contributed by atoms with van der Waals surface area (Å²) < 4.78 is 1.81. The lowest BCUT2D eigenvalue weighted by atomic mass is 9.86. The fraction of sp³-hybridized carbons (Fsp3) is 0.357. The first-order valence-corrected chi connectivity index (χ1v) is 12.4. The SMILES string of the molecule is C/C=C/c1ccc2n(c1=O)C[C@H]1[C@H](CO)[C@@H](C(=O)NCCc3ccncc3)[C@@H]2N1Cc1ccncc1. The zero-order chi connectivity index (χ0) is 25.1. The van der Waals surface area contributed by atoms with Gasteiger partial charge in [-0.15, -0.1) is 0 Å². The fourth-order valence-electron chi connectivity index (χ4n) is 5.76. The second-order valence-electron chi connectivity index (χ2n) is 9.44. The van der Waals surface area contributed by atoms with E-state index in [9.17, 15) is 14.7 Å². The molecule has 8 nitrogen and oxygen atoms in total. The van der Waals surface area contributed by atoms with Gasteiger partial charge in [0.2, 0.25) is 5.91 Å². The van der Waals surface area contributed by atoms with Crippen molar-refractivity contribution in [2.75, 3.05) is 13.2 Å². The Morgan fingerprint density at radius 3 is 2.44 bits per heavy atom. The Morgan fingerprint density at radius 2 is 1.78 bits per heavy atom. The van der Waals surface area contributed by atoms with Gasteiger partial charge in [-0.05, 0) is 60.9 Å². The first kappa shape index (κ1) is 24.1. The minimum absolute atomic E-state index is 0.0559. The second-order valence-corrected chi connectivity index (χ2v) is 9.44. The largest absolute Gasteiger partial charge is 0.396 e. The zero-order valence-corrected chi connectivity index (χ0v) is 20.3. The Bertz CT molecular complexity index is 1290. The van der Waals surface area contributed by atoms with Crippen LogP contribution >= 0.6 is 0 Å². The molecule has 5 rings (SSSR count). The maximum absolute atomic E-state index is 13.6. The second kappa shape index (κ2) is 10.6. The van der Waals surface area contributed by atoms with Crippen LogP contribution in [-0.2, 0) is 24.3 Å². The molecule has 1 saturated heterocycles. The molecule has 2 aliphatic heterocycles. The number of hydrogen-bond acceptors (Lipinski definition) is 6. The molecule has 186 valence electrons. The standard InChI is InChI=1S/C28H31N5O3/c1-2-3-21-4-5-23-26-25(27(35)31-15-10-19-6-11-29-12-7-19)22(18-34)24(17-33(23)28(21)36)32(26)16-20-8-13-30-14-9-20/h2-9,11-14,22,24-26,34H,10,15-18H2,1H3,(H,31,35)/b3-2+/t22-,24-,25+,26+/m0/s1. The van der Waals surface area contributed by atoms with E-state index in [1.165, 1.54) is 0 Å². The smallest absolute Gasteiger partial charge is 0.258 e. The molecule has 0 saturated carbocycles. The van der Waals surface area contributed by atoms with Gasteiger partial charge in [-0.2, -0.15) is 0 Å². The highest BCUT2D eigenvalue weighted by Crippen LogP contribution is 2.48. The monoisotopic (exact) mass is 485 g/mol. The van der Waals surface area contributed by atoms with Crippen LogP contribution in [0.5, 0.6) is 0 Å². The molecular weight excluding hydrogens is 454 g/mol. The number of aromatic nitrogens is 3. The van der Waals surface area contributed by atoms with Gasteiger partial charge in [0.15, 0.2) is 0 Å². The highest BCUT2D eigenvalue weighted by Gasteiger charge is 2.55. The van der Waals surface area contributed by atoms with Gasteiger partial charge < -0.3 is 15.0 Å². The molecule has 5 heterocycles. The molecule has 4 atom stereocenters. The molecule has 3 aromatic rings. The van der Waals surface area contributed by atoms with Gasteiger partial charge in [0.1, 0.15) is 0 Å². The predicted octanol–water partition coefficient (Wildman–Crippen LogP) is 2.19. The van der Waals surface area contributed by atoms with E-state index < -0.39 is 5.92 Å². The summed E-state index contributed by atoms with van der Waals surface area (Å²) in [6.45, 7) is 3.30. The molecule has 2 bridgehead atoms. The maximum atomic E-state index is 13.6. The lowest BCUT2D eigenvalue weighted by Crippen LogP contribution is -2.46. The third kappa shape index (κ3) is 4.50. The third-order valence-corrected chi connectivity index (χ3v) is 7.43. The topological polar surface area (TPSA) is 100 Å². The van der Waals surface area contributed by atoms with Gasteiger partial charge in [-0.1, -0.05) is 12.2 Å². The average molecular weight is 486 g/mol. The summed E-state index contributed by atoms with van der Waals surface area (Å²) in [7, 11) is 0. The number of nitrogens with zero attached hydrogens (tertiary/aromatic N) is 4. The van der Waals surface area contributed by atoms with Gasteiger partial charge in [-0.3, -0.25) is 24.5 Å². The van der Waals surface area contributed by atoms with Crippen molar-refractivity contribution in [3.63, 3.8) is 0 Å². The lowest BCUT2D eigenvalue weighted by Gasteiger charge is -2.38. The number of pyridine rings is 3. The number of carbonyl (C=O) groups excluding carboxylic acids is 1. The molecule has 0 radical (unpaired) electrons. The van der Waals surface area contributed by atoms with Crippen molar-refractivity contribution < 1.29 is 9.90 Å². The Kier molecular flexibility index (Phi) is 7.06. The molecule has 0 aliphatic carbocycles. The summed E-state index contributed by atoms with van der Waals surface area (Å²) in [5.74, 6) is -0.851. The van der Waals surface area contributed by atoms with E-state index in [4.69, 9.17) is 0 Å². The molecule has 0 aromatic carbocycles. The Balaban J connectivity index is 1.48. The minimum atomic E-state index is -0.472. The Labute approximate surface area is 210 Å². The van der Waals surface area contributed by atoms with Crippen LogP contribution in [0.3, 0.4) is 0 Å². The van der Waals surface area contributed by atoms with Crippen LogP contribution in [0.25, 0.3) is 6.08 Å². The molecular formula is C28H31N5O3. The van der Waals surface area contributed by atoms with Crippen molar-refractivity contribution in [1.29, 1.82) is 0 Å². The molecule has 3 aromatic heterocycles. The first-order valence-electron chi connectivity index (χ1n) is 12.4. The van der Waals surface area contributed by atoms with Crippen LogP contribution in [0.2, 0.25) is 0 Å². The van der Waals surface area contributed by atoms with E-state index in [0.717, 1.165) is 16.8 Å². The van der Waals surface area contributed by atoms with Crippen molar-refractivity contribution >= 4 is 12.0 Å². The van der Waals surface area contributed by atoms with Crippen LogP contribution in [0, 0.1) is 11.8 Å². The van der Waals surface area contributed by atoms with E-state index >= 15 is 0 Å². The van der Waals surface area contributed by atoms with Gasteiger partial charge >= 0.3 is 0 Å². The maximum Gasteiger partial charge on any atom is 0.258 e. The van der Waals surface area contributed by atoms with Crippen molar-refractivity contribution in [3.05, 3.63) is 100.0 Å². The lowest BCUT2D eigenvalue weighted by molar-refractivity contribution is -0.127. The molecule has 1 amide bonds. The fourth-order valence-corrected chi connectivity index (χ4v) is 5.76. The Morgan fingerprint density at radius 1 is 1.08 bits per heavy atom. The van der Waals surface area contributed by atoms with E-state index in [1.807, 2.05) is 55.5 Å². The van der Waals surface area contributed by atoms with E-state index in [0.29, 0.717) is 31.6 Å². The molecule has 0 spiro atoms. The first-order chi connectivity index (χ1) is 17.6. The third-order valence-electron chi connectivity index (χ3n) is 7.43. The van der Waals surface area contributed by atoms with Crippen molar-refractivity contribution in [2.24, 2.45) is 11.8 Å². The predicted molar refractivity (Wildman–Crippen MR) is 137 cm³/mol. The number of amides is 1. The van der Waals surface area contributed by atoms with Crippen molar-refractivity contribution in [3.8, 4) is 0 Å². The summed E-state index contributed by atoms with van der Waals surface area (Å²) >= 11 is 0. The summed E-state index contributed by atoms with van der Waals surface area (Å²) in [6, 6.07) is 11.1. The van der Waals surface area contributed by atoms with Crippen LogP contribution in [0.1, 0.15) is 35.3 Å². The molecule has 8 heteroatoms. The summed E-state index contributed by atoms with van der Waals surface area (Å²) in [4.78, 5) is 37.4. The molecule has 2 N–H and O–H groups in total. The molecule has 2 aliphatic rings. The van der Waals surface area contributed by atoms with Crippen molar-refractivity contribution in [1.82, 2.24) is 24.8 Å². The van der Waals surface area contributed by atoms with Gasteiger partial charge in [-0.25, -0.2) is 0 Å². The van der Waals surface area contributed by atoms with Crippen molar-refractivity contribution in [2.45, 2.75) is 38.5 Å².